The third-order valence-electron chi connectivity index (χ3n) is 5.37. The zero-order chi connectivity index (χ0) is 25.9. The lowest BCUT2D eigenvalue weighted by Crippen LogP contribution is -2.40. The Hall–Kier alpha value is -3.69. The zero-order valence-corrected chi connectivity index (χ0v) is 21.2. The first-order valence-electron chi connectivity index (χ1n) is 11.6. The van der Waals surface area contributed by atoms with Gasteiger partial charge in [0.1, 0.15) is 28.8 Å². The molecule has 0 bridgehead atoms. The first kappa shape index (κ1) is 25.9. The molecule has 1 aliphatic heterocycles. The predicted octanol–water partition coefficient (Wildman–Crippen LogP) is 3.60. The van der Waals surface area contributed by atoms with Gasteiger partial charge in [0.2, 0.25) is 6.79 Å². The molecule has 0 spiro atoms. The minimum absolute atomic E-state index is 0.168. The van der Waals surface area contributed by atoms with E-state index in [0.717, 1.165) is 11.1 Å². The van der Waals surface area contributed by atoms with E-state index >= 15 is 0 Å². The number of nitrogen functional groups attached to an aromatic ring is 2. The van der Waals surface area contributed by atoms with Gasteiger partial charge in [-0.1, -0.05) is 26.5 Å². The van der Waals surface area contributed by atoms with Crippen molar-refractivity contribution < 1.29 is 19.0 Å². The number of anilines is 1. The second-order valence-corrected chi connectivity index (χ2v) is 9.93. The molecule has 10 nitrogen and oxygen atoms in total. The van der Waals surface area contributed by atoms with E-state index in [2.05, 4.69) is 11.6 Å². The molecule has 0 unspecified atom stereocenters. The quantitative estimate of drug-likeness (QED) is 0.365. The number of ether oxygens (including phenoxy) is 3. The summed E-state index contributed by atoms with van der Waals surface area (Å²) in [5, 5.41) is 7.91. The molecule has 190 valence electrons. The van der Waals surface area contributed by atoms with Crippen LogP contribution in [0.1, 0.15) is 57.3 Å². The summed E-state index contributed by atoms with van der Waals surface area (Å²) >= 11 is 0. The number of hydrogen-bond acceptors (Lipinski definition) is 7. The minimum Gasteiger partial charge on any atom is -0.454 e. The lowest BCUT2D eigenvalue weighted by molar-refractivity contribution is 0.0221. The lowest BCUT2D eigenvalue weighted by Gasteiger charge is -2.29. The van der Waals surface area contributed by atoms with E-state index in [9.17, 15) is 4.79 Å². The predicted molar refractivity (Wildman–Crippen MR) is 136 cm³/mol. The van der Waals surface area contributed by atoms with Crippen molar-refractivity contribution in [2.24, 2.45) is 11.7 Å². The van der Waals surface area contributed by atoms with Gasteiger partial charge in [-0.3, -0.25) is 5.41 Å². The highest BCUT2D eigenvalue weighted by molar-refractivity contribution is 5.97. The molecule has 35 heavy (non-hydrogen) atoms. The molecule has 5 N–H and O–H groups in total. The second kappa shape index (κ2) is 10.3. The standard InChI is InChI=1S/C25H36N6O4/c1-7-16-10-18-19(34-14-33-18)11-17(16)12-20-29-21(22(26)27)23(28)31(20)9-8-30(13-15(2)3)24(32)35-25(4,5)6/h7,10-11,15H,1,8-9,12-14,28H2,2-6H3,(H3,26,27). The fourth-order valence-corrected chi connectivity index (χ4v) is 3.85. The molecule has 2 aromatic rings. The van der Waals surface area contributed by atoms with Crippen LogP contribution in [0.25, 0.3) is 6.08 Å². The van der Waals surface area contributed by atoms with Gasteiger partial charge >= 0.3 is 6.09 Å². The summed E-state index contributed by atoms with van der Waals surface area (Å²) in [4.78, 5) is 19.1. The van der Waals surface area contributed by atoms with Crippen molar-refractivity contribution in [2.45, 2.75) is 53.2 Å². The maximum Gasteiger partial charge on any atom is 0.410 e. The van der Waals surface area contributed by atoms with Gasteiger partial charge < -0.3 is 35.1 Å². The van der Waals surface area contributed by atoms with Crippen molar-refractivity contribution in [3.05, 3.63) is 41.4 Å². The smallest absolute Gasteiger partial charge is 0.410 e. The van der Waals surface area contributed by atoms with Crippen molar-refractivity contribution >= 4 is 23.8 Å². The van der Waals surface area contributed by atoms with Gasteiger partial charge in [-0.05, 0) is 49.9 Å². The lowest BCUT2D eigenvalue weighted by atomic mass is 10.0. The van der Waals surface area contributed by atoms with E-state index in [-0.39, 0.29) is 36.2 Å². The first-order valence-corrected chi connectivity index (χ1v) is 11.6. The molecule has 0 radical (unpaired) electrons. The number of carbonyl (C=O) groups is 1. The van der Waals surface area contributed by atoms with Crippen LogP contribution in [0, 0.1) is 11.3 Å². The molecule has 2 heterocycles. The molecule has 3 rings (SSSR count). The molecule has 0 atom stereocenters. The third kappa shape index (κ3) is 6.26. The average Bonchev–Trinajstić information content (AvgIpc) is 3.33. The Kier molecular flexibility index (Phi) is 7.62. The van der Waals surface area contributed by atoms with E-state index < -0.39 is 5.60 Å². The largest absolute Gasteiger partial charge is 0.454 e. The van der Waals surface area contributed by atoms with E-state index in [1.165, 1.54) is 0 Å². The Morgan fingerprint density at radius 3 is 2.57 bits per heavy atom. The number of nitrogens with two attached hydrogens (primary N) is 2. The molecule has 0 fully saturated rings. The van der Waals surface area contributed by atoms with Crippen LogP contribution in [0.2, 0.25) is 0 Å². The van der Waals surface area contributed by atoms with Crippen LogP contribution >= 0.6 is 0 Å². The van der Waals surface area contributed by atoms with E-state index in [4.69, 9.17) is 31.1 Å². The number of nitrogens with zero attached hydrogens (tertiary/aromatic N) is 3. The number of carbonyl (C=O) groups excluding carboxylic acids is 1. The maximum atomic E-state index is 12.8. The average molecular weight is 485 g/mol. The number of benzene rings is 1. The fourth-order valence-electron chi connectivity index (χ4n) is 3.85. The van der Waals surface area contributed by atoms with Crippen LogP contribution in [0.15, 0.2) is 18.7 Å². The molecule has 1 aromatic carbocycles. The Morgan fingerprint density at radius 2 is 2.00 bits per heavy atom. The van der Waals surface area contributed by atoms with Crippen LogP contribution in [0.4, 0.5) is 10.6 Å². The molecular weight excluding hydrogens is 448 g/mol. The van der Waals surface area contributed by atoms with Crippen LogP contribution in [-0.2, 0) is 17.7 Å². The molecule has 0 saturated carbocycles. The van der Waals surface area contributed by atoms with Gasteiger partial charge in [-0.2, -0.15) is 0 Å². The summed E-state index contributed by atoms with van der Waals surface area (Å²) in [5.74, 6) is 2.24. The van der Waals surface area contributed by atoms with Crippen LogP contribution in [0.3, 0.4) is 0 Å². The highest BCUT2D eigenvalue weighted by atomic mass is 16.7. The van der Waals surface area contributed by atoms with Gasteiger partial charge in [0.05, 0.1) is 0 Å². The molecule has 1 aliphatic rings. The Morgan fingerprint density at radius 1 is 1.34 bits per heavy atom. The first-order chi connectivity index (χ1) is 16.4. The third-order valence-corrected chi connectivity index (χ3v) is 5.37. The van der Waals surface area contributed by atoms with Gasteiger partial charge in [0.15, 0.2) is 11.5 Å². The Labute approximate surface area is 206 Å². The van der Waals surface area contributed by atoms with Crippen LogP contribution < -0.4 is 20.9 Å². The molecule has 10 heteroatoms. The molecule has 0 saturated heterocycles. The summed E-state index contributed by atoms with van der Waals surface area (Å²) in [6.07, 6.45) is 1.75. The van der Waals surface area contributed by atoms with E-state index in [1.54, 1.807) is 15.5 Å². The summed E-state index contributed by atoms with van der Waals surface area (Å²) in [7, 11) is 0. The van der Waals surface area contributed by atoms with Crippen molar-refractivity contribution in [1.82, 2.24) is 14.5 Å². The van der Waals surface area contributed by atoms with Crippen molar-refractivity contribution in [3.8, 4) is 11.5 Å². The number of rotatable bonds is 9. The zero-order valence-electron chi connectivity index (χ0n) is 21.2. The van der Waals surface area contributed by atoms with E-state index in [0.29, 0.717) is 43.4 Å². The fraction of sp³-hybridized carbons (Fsp3) is 0.480. The second-order valence-electron chi connectivity index (χ2n) is 9.93. The van der Waals surface area contributed by atoms with Gasteiger partial charge in [0.25, 0.3) is 0 Å². The minimum atomic E-state index is -0.603. The normalized spacial score (nSPS) is 12.6. The van der Waals surface area contributed by atoms with E-state index in [1.807, 2.05) is 46.8 Å². The van der Waals surface area contributed by atoms with Gasteiger partial charge in [0, 0.05) is 26.1 Å². The Balaban J connectivity index is 1.91. The summed E-state index contributed by atoms with van der Waals surface area (Å²) < 4.78 is 18.4. The van der Waals surface area contributed by atoms with Crippen molar-refractivity contribution in [3.63, 3.8) is 0 Å². The van der Waals surface area contributed by atoms with Crippen molar-refractivity contribution in [1.29, 1.82) is 5.41 Å². The summed E-state index contributed by atoms with van der Waals surface area (Å²) in [5.41, 5.74) is 13.5. The number of amides is 1. The SMILES string of the molecule is C=Cc1cc2c(cc1Cc1nc(C(=N)N)c(N)n1CCN(CC(C)C)C(=O)OC(C)(C)C)OCO2. The maximum absolute atomic E-state index is 12.8. The van der Waals surface area contributed by atoms with Gasteiger partial charge in [-0.25, -0.2) is 9.78 Å². The number of hydrogen-bond donors (Lipinski definition) is 3. The summed E-state index contributed by atoms with van der Waals surface area (Å²) in [6.45, 7) is 14.9. The Bertz CT molecular complexity index is 1120. The highest BCUT2D eigenvalue weighted by Crippen LogP contribution is 2.36. The summed E-state index contributed by atoms with van der Waals surface area (Å²) in [6, 6.07) is 3.77. The molecule has 0 aliphatic carbocycles. The van der Waals surface area contributed by atoms with Crippen LogP contribution in [-0.4, -0.2) is 51.9 Å². The molecule has 1 amide bonds. The molecular formula is C25H36N6O4. The van der Waals surface area contributed by atoms with Crippen LogP contribution in [0.5, 0.6) is 11.5 Å². The topological polar surface area (TPSA) is 142 Å². The number of aromatic nitrogens is 2. The number of fused-ring (bicyclic) bond motifs is 1. The number of nitrogens with one attached hydrogen (secondary N) is 1. The number of imidazole rings is 1. The highest BCUT2D eigenvalue weighted by Gasteiger charge is 2.25. The monoisotopic (exact) mass is 484 g/mol. The number of amidine groups is 1. The van der Waals surface area contributed by atoms with Crippen molar-refractivity contribution in [2.75, 3.05) is 25.6 Å². The van der Waals surface area contributed by atoms with Gasteiger partial charge in [-0.15, -0.1) is 0 Å². The molecule has 1 aromatic heterocycles.